The summed E-state index contributed by atoms with van der Waals surface area (Å²) in [7, 11) is -1.74. The van der Waals surface area contributed by atoms with Crippen LogP contribution in [0.2, 0.25) is 18.1 Å². The molecule has 1 N–H and O–H groups in total. The molecule has 3 rings (SSSR count). The van der Waals surface area contributed by atoms with Crippen molar-refractivity contribution in [2.45, 2.75) is 96.1 Å². The number of hydrogen-bond acceptors (Lipinski definition) is 3. The predicted molar refractivity (Wildman–Crippen MR) is 117 cm³/mol. The highest BCUT2D eigenvalue weighted by Gasteiger charge is 2.58. The molecule has 0 aliphatic heterocycles. The van der Waals surface area contributed by atoms with Crippen LogP contribution >= 0.6 is 0 Å². The second kappa shape index (κ2) is 7.37. The Balaban J connectivity index is 1.66. The fourth-order valence-electron chi connectivity index (χ4n) is 4.95. The summed E-state index contributed by atoms with van der Waals surface area (Å²) in [4.78, 5) is 11.5. The summed E-state index contributed by atoms with van der Waals surface area (Å²) in [6, 6.07) is 8.80. The molecule has 0 amide bonds. The van der Waals surface area contributed by atoms with Gasteiger partial charge in [-0.05, 0) is 67.3 Å². The molecule has 0 aromatic heterocycles. The van der Waals surface area contributed by atoms with Crippen LogP contribution in [0, 0.1) is 11.3 Å². The molecule has 0 heterocycles. The maximum atomic E-state index is 11.5. The lowest BCUT2D eigenvalue weighted by Gasteiger charge is -2.48. The first-order valence-corrected chi connectivity index (χ1v) is 13.7. The lowest BCUT2D eigenvalue weighted by atomic mass is 9.59. The summed E-state index contributed by atoms with van der Waals surface area (Å²) < 4.78 is 6.34. The normalized spacial score (nSPS) is 33.5. The van der Waals surface area contributed by atoms with Crippen LogP contribution in [-0.4, -0.2) is 25.3 Å². The highest BCUT2D eigenvalue weighted by atomic mass is 28.4. The van der Waals surface area contributed by atoms with Crippen LogP contribution in [0.15, 0.2) is 24.3 Å². The number of rotatable bonds is 5. The molecule has 1 aromatic rings. The van der Waals surface area contributed by atoms with Gasteiger partial charge in [-0.3, -0.25) is 0 Å². The van der Waals surface area contributed by atoms with E-state index in [4.69, 9.17) is 4.43 Å². The summed E-state index contributed by atoms with van der Waals surface area (Å²) in [6.07, 6.45) is 5.40. The van der Waals surface area contributed by atoms with Gasteiger partial charge in [0.2, 0.25) is 0 Å². The quantitative estimate of drug-likeness (QED) is 0.498. The highest BCUT2D eigenvalue weighted by molar-refractivity contribution is 6.74. The number of benzene rings is 1. The van der Waals surface area contributed by atoms with Crippen molar-refractivity contribution in [3.63, 3.8) is 0 Å². The van der Waals surface area contributed by atoms with E-state index < -0.39 is 13.9 Å². The van der Waals surface area contributed by atoms with E-state index in [1.165, 1.54) is 11.1 Å². The SMILES string of the molecule is CC(C)(C)[Si](C)(C)OCc1ccc([C@H]2CC[C@]3(C)[C@@H](C=O)CC[C@]3(O)C2)cc1. The zero-order valence-electron chi connectivity index (χ0n) is 18.5. The maximum Gasteiger partial charge on any atom is 0.192 e. The van der Waals surface area contributed by atoms with Gasteiger partial charge in [-0.25, -0.2) is 0 Å². The summed E-state index contributed by atoms with van der Waals surface area (Å²) in [6.45, 7) is 14.2. The average Bonchev–Trinajstić information content (AvgIpc) is 2.89. The Kier molecular flexibility index (Phi) is 5.72. The Morgan fingerprint density at radius 3 is 2.39 bits per heavy atom. The van der Waals surface area contributed by atoms with E-state index >= 15 is 0 Å². The second-order valence-electron chi connectivity index (χ2n) is 11.0. The Labute approximate surface area is 172 Å². The molecular formula is C24H38O3Si. The lowest BCUT2D eigenvalue weighted by Crippen LogP contribution is -2.49. The molecule has 156 valence electrons. The smallest absolute Gasteiger partial charge is 0.192 e. The molecular weight excluding hydrogens is 364 g/mol. The maximum absolute atomic E-state index is 11.5. The van der Waals surface area contributed by atoms with Crippen molar-refractivity contribution in [1.29, 1.82) is 0 Å². The molecule has 0 bridgehead atoms. The van der Waals surface area contributed by atoms with Crippen LogP contribution in [0.25, 0.3) is 0 Å². The zero-order valence-corrected chi connectivity index (χ0v) is 19.5. The molecule has 0 unspecified atom stereocenters. The number of aldehydes is 1. The first-order valence-electron chi connectivity index (χ1n) is 10.8. The van der Waals surface area contributed by atoms with E-state index in [0.717, 1.165) is 38.4 Å². The lowest BCUT2D eigenvalue weighted by molar-refractivity contribution is -0.128. The fraction of sp³-hybridized carbons (Fsp3) is 0.708. The molecule has 2 saturated carbocycles. The molecule has 1 aromatic carbocycles. The molecule has 0 radical (unpaired) electrons. The van der Waals surface area contributed by atoms with Crippen molar-refractivity contribution in [2.24, 2.45) is 11.3 Å². The molecule has 2 fully saturated rings. The first kappa shape index (κ1) is 21.7. The number of carbonyl (C=O) groups is 1. The molecule has 0 spiro atoms. The van der Waals surface area contributed by atoms with Crippen molar-refractivity contribution in [3.05, 3.63) is 35.4 Å². The predicted octanol–water partition coefficient (Wildman–Crippen LogP) is 5.82. The number of carbonyl (C=O) groups excluding carboxylic acids is 1. The summed E-state index contributed by atoms with van der Waals surface area (Å²) >= 11 is 0. The number of aliphatic hydroxyl groups is 1. The van der Waals surface area contributed by atoms with Crippen LogP contribution < -0.4 is 0 Å². The zero-order chi connectivity index (χ0) is 20.8. The average molecular weight is 403 g/mol. The van der Waals surface area contributed by atoms with Crippen molar-refractivity contribution in [1.82, 2.24) is 0 Å². The van der Waals surface area contributed by atoms with Gasteiger partial charge in [-0.1, -0.05) is 52.0 Å². The van der Waals surface area contributed by atoms with E-state index in [1.807, 2.05) is 0 Å². The minimum atomic E-state index is -1.74. The van der Waals surface area contributed by atoms with Crippen LogP contribution in [0.5, 0.6) is 0 Å². The topological polar surface area (TPSA) is 46.5 Å². The van der Waals surface area contributed by atoms with Gasteiger partial charge in [-0.2, -0.15) is 0 Å². The van der Waals surface area contributed by atoms with Crippen LogP contribution in [-0.2, 0) is 15.8 Å². The highest BCUT2D eigenvalue weighted by Crippen LogP contribution is 2.60. The van der Waals surface area contributed by atoms with Gasteiger partial charge in [0, 0.05) is 11.3 Å². The molecule has 2 aliphatic carbocycles. The monoisotopic (exact) mass is 402 g/mol. The molecule has 0 saturated heterocycles. The standard InChI is InChI=1S/C24H38O3Si/c1-22(2,3)28(5,6)27-17-18-7-9-19(10-8-18)20-11-13-23(4)21(16-25)12-14-24(23,26)15-20/h7-10,16,20-21,26H,11-15,17H2,1-6H3/t20-,21+,23+,24-/m0/s1. The van der Waals surface area contributed by atoms with Gasteiger partial charge >= 0.3 is 0 Å². The molecule has 28 heavy (non-hydrogen) atoms. The Morgan fingerprint density at radius 2 is 1.82 bits per heavy atom. The number of hydrogen-bond donors (Lipinski definition) is 1. The minimum absolute atomic E-state index is 0.00770. The van der Waals surface area contributed by atoms with E-state index in [2.05, 4.69) is 65.1 Å². The van der Waals surface area contributed by atoms with Gasteiger partial charge in [0.25, 0.3) is 0 Å². The van der Waals surface area contributed by atoms with Gasteiger partial charge in [0.15, 0.2) is 8.32 Å². The summed E-state index contributed by atoms with van der Waals surface area (Å²) in [5, 5.41) is 11.6. The Morgan fingerprint density at radius 1 is 1.18 bits per heavy atom. The third kappa shape index (κ3) is 3.76. The Hall–Kier alpha value is -0.973. The van der Waals surface area contributed by atoms with Gasteiger partial charge in [-0.15, -0.1) is 0 Å². The van der Waals surface area contributed by atoms with Crippen molar-refractivity contribution >= 4 is 14.6 Å². The third-order valence-electron chi connectivity index (χ3n) is 8.37. The van der Waals surface area contributed by atoms with E-state index in [9.17, 15) is 9.90 Å². The van der Waals surface area contributed by atoms with Gasteiger partial charge < -0.3 is 14.3 Å². The number of fused-ring (bicyclic) bond motifs is 1. The van der Waals surface area contributed by atoms with Crippen molar-refractivity contribution < 1.29 is 14.3 Å². The van der Waals surface area contributed by atoms with Gasteiger partial charge in [0.1, 0.15) is 6.29 Å². The van der Waals surface area contributed by atoms with Crippen LogP contribution in [0.1, 0.15) is 76.8 Å². The largest absolute Gasteiger partial charge is 0.413 e. The molecule has 4 heteroatoms. The van der Waals surface area contributed by atoms with Crippen LogP contribution in [0.4, 0.5) is 0 Å². The van der Waals surface area contributed by atoms with Crippen LogP contribution in [0.3, 0.4) is 0 Å². The molecule has 4 atom stereocenters. The second-order valence-corrected chi connectivity index (χ2v) is 15.8. The van der Waals surface area contributed by atoms with E-state index in [1.54, 1.807) is 0 Å². The van der Waals surface area contributed by atoms with E-state index in [0.29, 0.717) is 12.5 Å². The first-order chi connectivity index (χ1) is 12.9. The third-order valence-corrected chi connectivity index (χ3v) is 12.8. The molecule has 3 nitrogen and oxygen atoms in total. The van der Waals surface area contributed by atoms with E-state index in [-0.39, 0.29) is 16.4 Å². The van der Waals surface area contributed by atoms with Gasteiger partial charge in [0.05, 0.1) is 12.2 Å². The Bertz CT molecular complexity index is 706. The molecule has 2 aliphatic rings. The minimum Gasteiger partial charge on any atom is -0.413 e. The summed E-state index contributed by atoms with van der Waals surface area (Å²) in [5.74, 6) is 0.382. The van der Waals surface area contributed by atoms with Crippen molar-refractivity contribution in [2.75, 3.05) is 0 Å². The van der Waals surface area contributed by atoms with Crippen molar-refractivity contribution in [3.8, 4) is 0 Å². The summed E-state index contributed by atoms with van der Waals surface area (Å²) in [5.41, 5.74) is 1.57. The fourth-order valence-corrected chi connectivity index (χ4v) is 5.91.